The molecule has 0 saturated heterocycles. The molecular weight excluding hydrogens is 679 g/mol. The van der Waals surface area contributed by atoms with Gasteiger partial charge in [0.25, 0.3) is 5.91 Å². The highest BCUT2D eigenvalue weighted by Gasteiger charge is 2.32. The van der Waals surface area contributed by atoms with Crippen molar-refractivity contribution in [2.75, 3.05) is 11.9 Å². The molecule has 1 fully saturated rings. The zero-order valence-corrected chi connectivity index (χ0v) is 25.2. The molecule has 4 aromatic rings. The summed E-state index contributed by atoms with van der Waals surface area (Å²) in [7, 11) is -4.76. The summed E-state index contributed by atoms with van der Waals surface area (Å²) in [5.41, 5.74) is 3.24. The lowest BCUT2D eigenvalue weighted by Gasteiger charge is -2.21. The summed E-state index contributed by atoms with van der Waals surface area (Å²) < 4.78 is 62.1. The smallest absolute Gasteiger partial charge is 0.277 e. The highest BCUT2D eigenvalue weighted by Crippen LogP contribution is 2.34. The maximum absolute atomic E-state index is 15.8. The standard InChI is InChI=1S/C29H26F2IN5O4S/c1-17-12-21(32)8-9-23(17)35-28-22(29(38)36-41-16-18-6-7-18)13-24(25(30)26(28)31)42(39,40)37-27(19-4-2-10-33-14-19)20-5-3-11-34-15-20/h2-5,8-15,18,27,35,37H,6-7,16H2,1H3,(H,36,38). The van der Waals surface area contributed by atoms with Gasteiger partial charge in [-0.3, -0.25) is 19.6 Å². The molecule has 2 aromatic carbocycles. The molecule has 0 aliphatic heterocycles. The first-order valence-corrected chi connectivity index (χ1v) is 15.5. The van der Waals surface area contributed by atoms with Crippen molar-refractivity contribution in [1.29, 1.82) is 0 Å². The number of hydroxylamine groups is 1. The number of amides is 1. The third-order valence-corrected chi connectivity index (χ3v) is 8.74. The van der Waals surface area contributed by atoms with E-state index in [4.69, 9.17) is 4.84 Å². The number of hydrogen-bond acceptors (Lipinski definition) is 7. The number of aromatic nitrogens is 2. The van der Waals surface area contributed by atoms with Crippen LogP contribution in [-0.2, 0) is 14.9 Å². The predicted octanol–water partition coefficient (Wildman–Crippen LogP) is 5.55. The van der Waals surface area contributed by atoms with Gasteiger partial charge in [0, 0.05) is 34.0 Å². The second kappa shape index (κ2) is 12.8. The first-order valence-electron chi connectivity index (χ1n) is 12.9. The van der Waals surface area contributed by atoms with Gasteiger partial charge in [0.2, 0.25) is 10.0 Å². The number of hydrogen-bond donors (Lipinski definition) is 3. The van der Waals surface area contributed by atoms with Crippen LogP contribution in [0.25, 0.3) is 0 Å². The molecule has 3 N–H and O–H groups in total. The fourth-order valence-corrected chi connectivity index (χ4v) is 6.16. The lowest BCUT2D eigenvalue weighted by Crippen LogP contribution is -2.31. The molecular formula is C29H26F2IN5O4S. The first-order chi connectivity index (χ1) is 20.1. The van der Waals surface area contributed by atoms with Crippen LogP contribution in [0.5, 0.6) is 0 Å². The van der Waals surface area contributed by atoms with Crippen LogP contribution >= 0.6 is 22.6 Å². The molecule has 5 rings (SSSR count). The van der Waals surface area contributed by atoms with Crippen molar-refractivity contribution in [3.8, 4) is 0 Å². The van der Waals surface area contributed by atoms with Gasteiger partial charge in [0.05, 0.1) is 23.9 Å². The normalized spacial score (nSPS) is 13.3. The molecule has 0 spiro atoms. The Morgan fingerprint density at radius 1 is 1.05 bits per heavy atom. The minimum absolute atomic E-state index is 0.249. The average Bonchev–Trinajstić information content (AvgIpc) is 3.81. The van der Waals surface area contributed by atoms with Crippen LogP contribution in [0.1, 0.15) is 45.9 Å². The van der Waals surface area contributed by atoms with E-state index in [1.807, 2.05) is 6.07 Å². The largest absolute Gasteiger partial charge is 0.352 e. The number of rotatable bonds is 11. The number of carbonyl (C=O) groups is 1. The SMILES string of the molecule is Cc1cc(I)ccc1Nc1c(C(=O)NOCC2CC2)cc(S(=O)(=O)NC(c2cccnc2)c2cccnc2)c(F)c1F. The molecule has 0 radical (unpaired) electrons. The third kappa shape index (κ3) is 6.91. The van der Waals surface area contributed by atoms with E-state index in [1.165, 1.54) is 24.8 Å². The Bertz CT molecular complexity index is 1670. The van der Waals surface area contributed by atoms with E-state index in [0.29, 0.717) is 28.3 Å². The Morgan fingerprint density at radius 3 is 2.29 bits per heavy atom. The summed E-state index contributed by atoms with van der Waals surface area (Å²) in [6.07, 6.45) is 7.86. The van der Waals surface area contributed by atoms with Crippen LogP contribution in [0.4, 0.5) is 20.2 Å². The van der Waals surface area contributed by atoms with E-state index in [2.05, 4.69) is 48.1 Å². The average molecular weight is 706 g/mol. The lowest BCUT2D eigenvalue weighted by atomic mass is 10.0. The van der Waals surface area contributed by atoms with Gasteiger partial charge in [-0.1, -0.05) is 12.1 Å². The van der Waals surface area contributed by atoms with Gasteiger partial charge >= 0.3 is 0 Å². The minimum atomic E-state index is -4.76. The molecule has 0 atom stereocenters. The zero-order valence-electron chi connectivity index (χ0n) is 22.3. The number of carbonyl (C=O) groups excluding carboxylic acids is 1. The minimum Gasteiger partial charge on any atom is -0.352 e. The van der Waals surface area contributed by atoms with Crippen molar-refractivity contribution in [3.05, 3.63) is 111 Å². The number of pyridine rings is 2. The highest BCUT2D eigenvalue weighted by molar-refractivity contribution is 14.1. The molecule has 1 amide bonds. The van der Waals surface area contributed by atoms with Crippen LogP contribution in [0.3, 0.4) is 0 Å². The Hall–Kier alpha value is -3.53. The van der Waals surface area contributed by atoms with Crippen molar-refractivity contribution >= 4 is 49.9 Å². The van der Waals surface area contributed by atoms with Crippen molar-refractivity contribution < 1.29 is 26.8 Å². The summed E-state index contributed by atoms with van der Waals surface area (Å²) in [6, 6.07) is 11.5. The van der Waals surface area contributed by atoms with E-state index in [-0.39, 0.29) is 6.61 Å². The fraction of sp³-hybridized carbons (Fsp3) is 0.207. The second-order valence-electron chi connectivity index (χ2n) is 9.82. The third-order valence-electron chi connectivity index (χ3n) is 6.64. The number of nitrogens with one attached hydrogen (secondary N) is 3. The van der Waals surface area contributed by atoms with E-state index in [1.54, 1.807) is 43.3 Å². The van der Waals surface area contributed by atoms with Crippen molar-refractivity contribution in [1.82, 2.24) is 20.2 Å². The second-order valence-corrected chi connectivity index (χ2v) is 12.8. The topological polar surface area (TPSA) is 122 Å². The Morgan fingerprint density at radius 2 is 1.71 bits per heavy atom. The van der Waals surface area contributed by atoms with E-state index >= 15 is 8.78 Å². The highest BCUT2D eigenvalue weighted by atomic mass is 127. The monoisotopic (exact) mass is 705 g/mol. The Labute approximate surface area is 255 Å². The maximum Gasteiger partial charge on any atom is 0.277 e. The first kappa shape index (κ1) is 29.9. The van der Waals surface area contributed by atoms with Gasteiger partial charge in [-0.25, -0.2) is 22.7 Å². The Kier molecular flexibility index (Phi) is 9.11. The molecule has 218 valence electrons. The molecule has 2 aromatic heterocycles. The molecule has 2 heterocycles. The maximum atomic E-state index is 15.8. The van der Waals surface area contributed by atoms with Gasteiger partial charge in [-0.05, 0) is 101 Å². The number of benzene rings is 2. The molecule has 1 aliphatic rings. The van der Waals surface area contributed by atoms with Crippen molar-refractivity contribution in [2.45, 2.75) is 30.7 Å². The molecule has 1 saturated carbocycles. The number of nitrogens with zero attached hydrogens (tertiary/aromatic N) is 2. The van der Waals surface area contributed by atoms with E-state index < -0.39 is 49.8 Å². The quantitative estimate of drug-likeness (QED) is 0.138. The van der Waals surface area contributed by atoms with E-state index in [9.17, 15) is 13.2 Å². The molecule has 9 nitrogen and oxygen atoms in total. The van der Waals surface area contributed by atoms with Crippen LogP contribution < -0.4 is 15.5 Å². The van der Waals surface area contributed by atoms with Crippen molar-refractivity contribution in [3.63, 3.8) is 0 Å². The summed E-state index contributed by atoms with van der Waals surface area (Å²) >= 11 is 2.11. The van der Waals surface area contributed by atoms with Crippen molar-refractivity contribution in [2.24, 2.45) is 5.92 Å². The number of halogens is 3. The number of aryl methyl sites for hydroxylation is 1. The van der Waals surface area contributed by atoms with Gasteiger partial charge in [0.1, 0.15) is 4.90 Å². The zero-order chi connectivity index (χ0) is 29.9. The van der Waals surface area contributed by atoms with Crippen LogP contribution in [0.15, 0.2) is 78.2 Å². The van der Waals surface area contributed by atoms with Crippen LogP contribution in [-0.4, -0.2) is 30.9 Å². The molecule has 0 bridgehead atoms. The summed E-state index contributed by atoms with van der Waals surface area (Å²) in [5.74, 6) is -3.82. The molecule has 13 heteroatoms. The van der Waals surface area contributed by atoms with Gasteiger partial charge < -0.3 is 5.32 Å². The van der Waals surface area contributed by atoms with Gasteiger partial charge in [-0.2, -0.15) is 4.72 Å². The van der Waals surface area contributed by atoms with Gasteiger partial charge in [-0.15, -0.1) is 0 Å². The number of sulfonamides is 1. The summed E-state index contributed by atoms with van der Waals surface area (Å²) in [6.45, 7) is 2.01. The fourth-order valence-electron chi connectivity index (χ4n) is 4.21. The summed E-state index contributed by atoms with van der Waals surface area (Å²) in [4.78, 5) is 25.5. The predicted molar refractivity (Wildman–Crippen MR) is 160 cm³/mol. The van der Waals surface area contributed by atoms with Crippen LogP contribution in [0, 0.1) is 28.0 Å². The van der Waals surface area contributed by atoms with Crippen LogP contribution in [0.2, 0.25) is 0 Å². The molecule has 1 aliphatic carbocycles. The summed E-state index contributed by atoms with van der Waals surface area (Å²) in [5, 5.41) is 2.77. The molecule has 0 unspecified atom stereocenters. The number of anilines is 2. The molecule has 42 heavy (non-hydrogen) atoms. The van der Waals surface area contributed by atoms with Gasteiger partial charge in [0.15, 0.2) is 11.6 Å². The lowest BCUT2D eigenvalue weighted by molar-refractivity contribution is 0.0270. The van der Waals surface area contributed by atoms with E-state index in [0.717, 1.165) is 22.5 Å². The Balaban J connectivity index is 1.56.